The highest BCUT2D eigenvalue weighted by Gasteiger charge is 2.43. The Morgan fingerprint density at radius 2 is 1.15 bits per heavy atom. The molecule has 2 nitrogen and oxygen atoms in total. The third kappa shape index (κ3) is 5.54. The van der Waals surface area contributed by atoms with E-state index >= 15 is 0 Å². The summed E-state index contributed by atoms with van der Waals surface area (Å²) in [5, 5.41) is 2.49. The lowest BCUT2D eigenvalue weighted by atomic mass is 9.37. The molecule has 0 radical (unpaired) electrons. The van der Waals surface area contributed by atoms with Gasteiger partial charge in [0.1, 0.15) is 0 Å². The van der Waals surface area contributed by atoms with Crippen molar-refractivity contribution in [2.45, 2.75) is 76.0 Å². The Labute approximate surface area is 326 Å². The highest BCUT2D eigenvalue weighted by Crippen LogP contribution is 2.47. The first-order valence-corrected chi connectivity index (χ1v) is 20.9. The minimum atomic E-state index is 0.203. The van der Waals surface area contributed by atoms with Crippen LogP contribution in [-0.2, 0) is 0 Å². The van der Waals surface area contributed by atoms with Crippen LogP contribution in [0.4, 0.5) is 34.1 Å². The fraction of sp³-hybridized carbons (Fsp3) is 0.231. The lowest BCUT2D eigenvalue weighted by molar-refractivity contribution is 0.443. The van der Waals surface area contributed by atoms with Crippen LogP contribution in [-0.4, -0.2) is 6.71 Å². The highest BCUT2D eigenvalue weighted by molar-refractivity contribution is 7.01. The molecule has 2 aliphatic heterocycles. The molecule has 2 saturated carbocycles. The predicted molar refractivity (Wildman–Crippen MR) is 235 cm³/mol. The lowest BCUT2D eigenvalue weighted by Crippen LogP contribution is -2.54. The van der Waals surface area contributed by atoms with Crippen LogP contribution < -0.4 is 26.2 Å². The molecule has 0 bridgehead atoms. The molecule has 0 amide bonds. The summed E-state index contributed by atoms with van der Waals surface area (Å²) < 4.78 is 0. The number of para-hydroxylation sites is 1. The Morgan fingerprint density at radius 3 is 1.95 bits per heavy atom. The first-order valence-electron chi connectivity index (χ1n) is 20.9. The Hall–Kier alpha value is -5.54. The quantitative estimate of drug-likeness (QED) is 0.159. The average Bonchev–Trinajstić information content (AvgIpc) is 3.60. The molecule has 7 aromatic rings. The average molecular weight is 711 g/mol. The molecule has 3 heteroatoms. The van der Waals surface area contributed by atoms with Gasteiger partial charge in [0.05, 0.1) is 5.69 Å². The summed E-state index contributed by atoms with van der Waals surface area (Å²) >= 11 is 0. The first kappa shape index (κ1) is 32.9. The van der Waals surface area contributed by atoms with Gasteiger partial charge in [-0.25, -0.2) is 0 Å². The topological polar surface area (TPSA) is 6.48 Å². The zero-order valence-corrected chi connectivity index (χ0v) is 31.6. The van der Waals surface area contributed by atoms with Gasteiger partial charge in [0.2, 0.25) is 6.71 Å². The van der Waals surface area contributed by atoms with Crippen LogP contribution in [0.5, 0.6) is 0 Å². The second-order valence-electron chi connectivity index (χ2n) is 16.5. The van der Waals surface area contributed by atoms with Crippen LogP contribution in [0, 0.1) is 0 Å². The molecule has 7 aromatic carbocycles. The Bertz CT molecular complexity index is 2520. The third-order valence-corrected chi connectivity index (χ3v) is 13.4. The number of anilines is 6. The molecule has 2 heterocycles. The fourth-order valence-electron chi connectivity index (χ4n) is 10.8. The van der Waals surface area contributed by atoms with Crippen molar-refractivity contribution in [3.8, 4) is 11.1 Å². The zero-order chi connectivity index (χ0) is 36.3. The normalized spacial score (nSPS) is 16.5. The van der Waals surface area contributed by atoms with Gasteiger partial charge in [0, 0.05) is 33.8 Å². The van der Waals surface area contributed by atoms with Gasteiger partial charge >= 0.3 is 0 Å². The smallest absolute Gasteiger partial charge is 0.248 e. The van der Waals surface area contributed by atoms with Gasteiger partial charge in [-0.2, -0.15) is 0 Å². The Kier molecular flexibility index (Phi) is 8.15. The summed E-state index contributed by atoms with van der Waals surface area (Å²) in [6.45, 7) is 0.203. The van der Waals surface area contributed by atoms with E-state index in [9.17, 15) is 0 Å². The minimum absolute atomic E-state index is 0.203. The summed E-state index contributed by atoms with van der Waals surface area (Å²) in [6, 6.07) is 58.0. The second-order valence-corrected chi connectivity index (χ2v) is 16.5. The summed E-state index contributed by atoms with van der Waals surface area (Å²) in [5.41, 5.74) is 17.5. The SMILES string of the molecule is c1ccc(N(c2cc3c4c(c2)N(c2ccc(C5CCCCC5)cc2)c2ccc(C5CCCCC5)cc2B4c2ccccc2-3)c2cccc3ccccc23)cc1. The first-order chi connectivity index (χ1) is 27.3. The van der Waals surface area contributed by atoms with E-state index in [1.165, 1.54) is 142 Å². The van der Waals surface area contributed by atoms with Crippen LogP contribution in [0.15, 0.2) is 152 Å². The summed E-state index contributed by atoms with van der Waals surface area (Å²) in [5.74, 6) is 1.34. The van der Waals surface area contributed by atoms with Crippen molar-refractivity contribution in [1.82, 2.24) is 0 Å². The summed E-state index contributed by atoms with van der Waals surface area (Å²) in [7, 11) is 0. The molecule has 2 aliphatic carbocycles. The maximum atomic E-state index is 2.62. The predicted octanol–water partition coefficient (Wildman–Crippen LogP) is 12.7. The van der Waals surface area contributed by atoms with E-state index in [1.54, 1.807) is 0 Å². The minimum Gasteiger partial charge on any atom is -0.311 e. The monoisotopic (exact) mass is 710 g/mol. The van der Waals surface area contributed by atoms with E-state index in [0.29, 0.717) is 11.8 Å². The standard InChI is InChI=1S/C52H47BN2/c1-4-15-36(16-5-1)38-27-30-42(31-28-38)55-50-32-29-40(37-17-6-2-7-18-37)33-48(50)53-47-25-13-12-24-45(47)46-34-43(35-51(55)52(46)53)54(41-21-8-3-9-22-41)49-26-14-20-39-19-10-11-23-44(39)49/h3,8-14,19-37H,1-2,4-7,15-18H2. The molecule has 0 saturated heterocycles. The zero-order valence-electron chi connectivity index (χ0n) is 31.6. The Morgan fingerprint density at radius 1 is 0.473 bits per heavy atom. The van der Waals surface area contributed by atoms with Crippen molar-refractivity contribution < 1.29 is 0 Å². The van der Waals surface area contributed by atoms with E-state index < -0.39 is 0 Å². The van der Waals surface area contributed by atoms with Gasteiger partial charge in [-0.15, -0.1) is 0 Å². The largest absolute Gasteiger partial charge is 0.311 e. The van der Waals surface area contributed by atoms with Gasteiger partial charge in [0.25, 0.3) is 0 Å². The molecule has 11 rings (SSSR count). The molecule has 0 spiro atoms. The van der Waals surface area contributed by atoms with Gasteiger partial charge < -0.3 is 9.80 Å². The summed E-state index contributed by atoms with van der Waals surface area (Å²) in [4.78, 5) is 5.10. The number of rotatable bonds is 6. The molecule has 4 aliphatic rings. The van der Waals surface area contributed by atoms with Crippen LogP contribution in [0.1, 0.15) is 87.2 Å². The van der Waals surface area contributed by atoms with Gasteiger partial charge in [0.15, 0.2) is 0 Å². The molecular formula is C52H47BN2. The number of hydrogen-bond donors (Lipinski definition) is 0. The molecular weight excluding hydrogens is 663 g/mol. The van der Waals surface area contributed by atoms with E-state index in [1.807, 2.05) is 0 Å². The lowest BCUT2D eigenvalue weighted by Gasteiger charge is -2.38. The van der Waals surface area contributed by atoms with Crippen LogP contribution in [0.25, 0.3) is 21.9 Å². The van der Waals surface area contributed by atoms with Crippen molar-refractivity contribution >= 4 is 68.0 Å². The van der Waals surface area contributed by atoms with E-state index in [2.05, 4.69) is 161 Å². The molecule has 55 heavy (non-hydrogen) atoms. The Balaban J connectivity index is 1.16. The number of nitrogens with zero attached hydrogens (tertiary/aromatic N) is 2. The molecule has 268 valence electrons. The molecule has 0 aromatic heterocycles. The number of benzene rings is 7. The van der Waals surface area contributed by atoms with Crippen molar-refractivity contribution in [3.05, 3.63) is 163 Å². The maximum Gasteiger partial charge on any atom is 0.248 e. The van der Waals surface area contributed by atoms with Crippen LogP contribution in [0.3, 0.4) is 0 Å². The molecule has 2 fully saturated rings. The second kappa shape index (κ2) is 13.6. The van der Waals surface area contributed by atoms with Crippen LogP contribution >= 0.6 is 0 Å². The van der Waals surface area contributed by atoms with Crippen molar-refractivity contribution in [2.75, 3.05) is 9.80 Å². The van der Waals surface area contributed by atoms with Gasteiger partial charge in [-0.3, -0.25) is 0 Å². The van der Waals surface area contributed by atoms with E-state index in [-0.39, 0.29) is 6.71 Å². The van der Waals surface area contributed by atoms with E-state index in [0.717, 1.165) is 5.69 Å². The maximum absolute atomic E-state index is 2.62. The van der Waals surface area contributed by atoms with Crippen molar-refractivity contribution in [1.29, 1.82) is 0 Å². The van der Waals surface area contributed by atoms with Crippen molar-refractivity contribution in [3.63, 3.8) is 0 Å². The third-order valence-electron chi connectivity index (χ3n) is 13.4. The van der Waals surface area contributed by atoms with Gasteiger partial charge in [-0.05, 0) is 125 Å². The van der Waals surface area contributed by atoms with E-state index in [4.69, 9.17) is 0 Å². The van der Waals surface area contributed by atoms with Crippen LogP contribution in [0.2, 0.25) is 0 Å². The molecule has 0 N–H and O–H groups in total. The van der Waals surface area contributed by atoms with Gasteiger partial charge in [-0.1, -0.05) is 147 Å². The number of fused-ring (bicyclic) bond motifs is 6. The fourth-order valence-corrected chi connectivity index (χ4v) is 10.8. The number of hydrogen-bond acceptors (Lipinski definition) is 2. The molecule has 0 unspecified atom stereocenters. The summed E-state index contributed by atoms with van der Waals surface area (Å²) in [6.07, 6.45) is 13.4. The highest BCUT2D eigenvalue weighted by atomic mass is 15.2. The molecule has 0 atom stereocenters. The van der Waals surface area contributed by atoms with Crippen molar-refractivity contribution in [2.24, 2.45) is 0 Å².